The number of hydrogen-bond donors (Lipinski definition) is 3. The van der Waals surface area contributed by atoms with Crippen LogP contribution in [0.3, 0.4) is 0 Å². The SMILES string of the molecule is CCNC(=NCC(O)COCc1ccccc1)NCCc1ccc(Cl)nc1. The normalized spacial score (nSPS) is 12.6. The molecule has 6 nitrogen and oxygen atoms in total. The Morgan fingerprint density at radius 1 is 1.19 bits per heavy atom. The van der Waals surface area contributed by atoms with E-state index in [1.807, 2.05) is 43.3 Å². The van der Waals surface area contributed by atoms with E-state index in [1.165, 1.54) is 0 Å². The van der Waals surface area contributed by atoms with Crippen LogP contribution in [0, 0.1) is 0 Å². The van der Waals surface area contributed by atoms with Crippen LogP contribution in [0.2, 0.25) is 5.15 Å². The summed E-state index contributed by atoms with van der Waals surface area (Å²) in [5.41, 5.74) is 2.18. The number of ether oxygens (including phenoxy) is 1. The van der Waals surface area contributed by atoms with E-state index in [0.29, 0.717) is 24.3 Å². The van der Waals surface area contributed by atoms with E-state index in [4.69, 9.17) is 16.3 Å². The van der Waals surface area contributed by atoms with E-state index in [-0.39, 0.29) is 13.2 Å². The number of aliphatic imine (C=N–C) groups is 1. The van der Waals surface area contributed by atoms with E-state index in [1.54, 1.807) is 12.3 Å². The highest BCUT2D eigenvalue weighted by atomic mass is 35.5. The Morgan fingerprint density at radius 2 is 2.00 bits per heavy atom. The molecular weight excluding hydrogens is 364 g/mol. The van der Waals surface area contributed by atoms with Crippen LogP contribution in [0.4, 0.5) is 0 Å². The molecule has 0 saturated carbocycles. The van der Waals surface area contributed by atoms with Crippen molar-refractivity contribution in [2.24, 2.45) is 4.99 Å². The van der Waals surface area contributed by atoms with Crippen LogP contribution in [0.15, 0.2) is 53.7 Å². The summed E-state index contributed by atoms with van der Waals surface area (Å²) >= 11 is 5.79. The standard InChI is InChI=1S/C20H27ClN4O2/c1-2-22-20(23-11-10-16-8-9-19(21)24-12-16)25-13-18(26)15-27-14-17-6-4-3-5-7-17/h3-9,12,18,26H,2,10-11,13-15H2,1H3,(H2,22,23,25). The first-order chi connectivity index (χ1) is 13.2. The third kappa shape index (κ3) is 8.86. The van der Waals surface area contributed by atoms with Gasteiger partial charge < -0.3 is 20.5 Å². The highest BCUT2D eigenvalue weighted by Crippen LogP contribution is 2.05. The van der Waals surface area contributed by atoms with Crippen LogP contribution in [0.25, 0.3) is 0 Å². The zero-order chi connectivity index (χ0) is 19.3. The largest absolute Gasteiger partial charge is 0.389 e. The summed E-state index contributed by atoms with van der Waals surface area (Å²) < 4.78 is 5.54. The topological polar surface area (TPSA) is 78.8 Å². The second kappa shape index (κ2) is 12.3. The van der Waals surface area contributed by atoms with E-state index in [0.717, 1.165) is 24.1 Å². The molecule has 0 aliphatic heterocycles. The molecule has 1 unspecified atom stereocenters. The lowest BCUT2D eigenvalue weighted by Gasteiger charge is -2.13. The monoisotopic (exact) mass is 390 g/mol. The van der Waals surface area contributed by atoms with Gasteiger partial charge in [0, 0.05) is 19.3 Å². The average molecular weight is 391 g/mol. The van der Waals surface area contributed by atoms with Gasteiger partial charge in [0.15, 0.2) is 5.96 Å². The van der Waals surface area contributed by atoms with Crippen molar-refractivity contribution in [3.05, 3.63) is 64.9 Å². The lowest BCUT2D eigenvalue weighted by atomic mass is 10.2. The third-order valence-corrected chi connectivity index (χ3v) is 3.94. The van der Waals surface area contributed by atoms with Crippen molar-refractivity contribution >= 4 is 17.6 Å². The molecule has 0 fully saturated rings. The van der Waals surface area contributed by atoms with Crippen LogP contribution >= 0.6 is 11.6 Å². The molecule has 2 aromatic rings. The van der Waals surface area contributed by atoms with Crippen molar-refractivity contribution in [1.29, 1.82) is 0 Å². The summed E-state index contributed by atoms with van der Waals surface area (Å²) in [6.07, 6.45) is 1.92. The van der Waals surface area contributed by atoms with Gasteiger partial charge in [-0.25, -0.2) is 4.98 Å². The molecule has 0 bridgehead atoms. The van der Waals surface area contributed by atoms with Crippen LogP contribution < -0.4 is 10.6 Å². The van der Waals surface area contributed by atoms with Gasteiger partial charge >= 0.3 is 0 Å². The molecule has 3 N–H and O–H groups in total. The Balaban J connectivity index is 1.70. The molecule has 0 saturated heterocycles. The Kier molecular flexibility index (Phi) is 9.62. The molecule has 0 aliphatic carbocycles. The number of nitrogens with one attached hydrogen (secondary N) is 2. The van der Waals surface area contributed by atoms with Crippen molar-refractivity contribution in [3.63, 3.8) is 0 Å². The fourth-order valence-electron chi connectivity index (χ4n) is 2.36. The molecule has 0 aliphatic rings. The van der Waals surface area contributed by atoms with Crippen molar-refractivity contribution in [3.8, 4) is 0 Å². The minimum absolute atomic E-state index is 0.244. The Labute approximate surface area is 165 Å². The maximum Gasteiger partial charge on any atom is 0.191 e. The van der Waals surface area contributed by atoms with E-state index >= 15 is 0 Å². The van der Waals surface area contributed by atoms with Gasteiger partial charge in [-0.2, -0.15) is 0 Å². The molecule has 0 radical (unpaired) electrons. The number of nitrogens with zero attached hydrogens (tertiary/aromatic N) is 2. The maximum absolute atomic E-state index is 10.1. The molecule has 1 heterocycles. The number of pyridine rings is 1. The summed E-state index contributed by atoms with van der Waals surface area (Å²) in [7, 11) is 0. The molecular formula is C20H27ClN4O2. The highest BCUT2D eigenvalue weighted by molar-refractivity contribution is 6.29. The van der Waals surface area contributed by atoms with Gasteiger partial charge in [0.25, 0.3) is 0 Å². The third-order valence-electron chi connectivity index (χ3n) is 3.72. The number of hydrogen-bond acceptors (Lipinski definition) is 4. The van der Waals surface area contributed by atoms with Crippen LogP contribution in [0.5, 0.6) is 0 Å². The number of halogens is 1. The smallest absolute Gasteiger partial charge is 0.191 e. The van der Waals surface area contributed by atoms with Gasteiger partial charge in [-0.1, -0.05) is 48.0 Å². The summed E-state index contributed by atoms with van der Waals surface area (Å²) in [4.78, 5) is 8.48. The predicted molar refractivity (Wildman–Crippen MR) is 109 cm³/mol. The molecule has 146 valence electrons. The second-order valence-corrected chi connectivity index (χ2v) is 6.43. The molecule has 1 aromatic carbocycles. The van der Waals surface area contributed by atoms with Gasteiger partial charge in [0.1, 0.15) is 5.15 Å². The number of aliphatic hydroxyl groups excluding tert-OH is 1. The van der Waals surface area contributed by atoms with Gasteiger partial charge in [0.05, 0.1) is 25.9 Å². The zero-order valence-corrected chi connectivity index (χ0v) is 16.3. The first-order valence-corrected chi connectivity index (χ1v) is 9.47. The molecule has 27 heavy (non-hydrogen) atoms. The predicted octanol–water partition coefficient (Wildman–Crippen LogP) is 2.41. The van der Waals surface area contributed by atoms with Gasteiger partial charge in [-0.15, -0.1) is 0 Å². The lowest BCUT2D eigenvalue weighted by Crippen LogP contribution is -2.39. The minimum atomic E-state index is -0.648. The molecule has 1 atom stereocenters. The molecule has 0 spiro atoms. The van der Waals surface area contributed by atoms with Crippen molar-refractivity contribution < 1.29 is 9.84 Å². The summed E-state index contributed by atoms with van der Waals surface area (Å²) in [5, 5.41) is 17.0. The first-order valence-electron chi connectivity index (χ1n) is 9.09. The quantitative estimate of drug-likeness (QED) is 0.330. The summed E-state index contributed by atoms with van der Waals surface area (Å²) in [6, 6.07) is 13.6. The minimum Gasteiger partial charge on any atom is -0.389 e. The van der Waals surface area contributed by atoms with E-state index in [9.17, 15) is 5.11 Å². The van der Waals surface area contributed by atoms with Crippen LogP contribution in [0.1, 0.15) is 18.1 Å². The van der Waals surface area contributed by atoms with Gasteiger partial charge in [-0.05, 0) is 30.5 Å². The fourth-order valence-corrected chi connectivity index (χ4v) is 2.47. The molecule has 7 heteroatoms. The highest BCUT2D eigenvalue weighted by Gasteiger charge is 2.05. The Hall–Kier alpha value is -2.15. The van der Waals surface area contributed by atoms with Crippen molar-refractivity contribution in [2.75, 3.05) is 26.2 Å². The number of aliphatic hydroxyl groups is 1. The average Bonchev–Trinajstić information content (AvgIpc) is 2.68. The Bertz CT molecular complexity index is 680. The van der Waals surface area contributed by atoms with Gasteiger partial charge in [-0.3, -0.25) is 4.99 Å². The number of guanidine groups is 1. The second-order valence-electron chi connectivity index (χ2n) is 6.04. The van der Waals surface area contributed by atoms with Crippen LogP contribution in [-0.4, -0.2) is 48.4 Å². The van der Waals surface area contributed by atoms with E-state index in [2.05, 4.69) is 20.6 Å². The van der Waals surface area contributed by atoms with Crippen molar-refractivity contribution in [1.82, 2.24) is 15.6 Å². The van der Waals surface area contributed by atoms with Crippen LogP contribution in [-0.2, 0) is 17.8 Å². The molecule has 0 amide bonds. The zero-order valence-electron chi connectivity index (χ0n) is 15.6. The maximum atomic E-state index is 10.1. The summed E-state index contributed by atoms with van der Waals surface area (Å²) in [6.45, 7) is 4.44. The molecule has 1 aromatic heterocycles. The molecule has 2 rings (SSSR count). The first kappa shape index (κ1) is 21.2. The lowest BCUT2D eigenvalue weighted by molar-refractivity contribution is 0.0331. The Morgan fingerprint density at radius 3 is 2.70 bits per heavy atom. The van der Waals surface area contributed by atoms with Gasteiger partial charge in [0.2, 0.25) is 0 Å². The number of rotatable bonds is 10. The number of aromatic nitrogens is 1. The number of benzene rings is 1. The summed E-state index contributed by atoms with van der Waals surface area (Å²) in [5.74, 6) is 0.668. The fraction of sp³-hybridized carbons (Fsp3) is 0.400. The van der Waals surface area contributed by atoms with Crippen molar-refractivity contribution in [2.45, 2.75) is 26.1 Å². The van der Waals surface area contributed by atoms with E-state index < -0.39 is 6.10 Å².